The predicted molar refractivity (Wildman–Crippen MR) is 97.6 cm³/mol. The molecule has 1 atom stereocenters. The van der Waals surface area contributed by atoms with Crippen LogP contribution in [0.5, 0.6) is 0 Å². The number of hydrogen-bond donors (Lipinski definition) is 1. The van der Waals surface area contributed by atoms with Gasteiger partial charge in [0.05, 0.1) is 4.92 Å². The average Bonchev–Trinajstić information content (AvgIpc) is 2.63. The molecule has 24 heavy (non-hydrogen) atoms. The zero-order chi connectivity index (χ0) is 16.9. The number of hydrogen-bond acceptors (Lipinski definition) is 4. The highest BCUT2D eigenvalue weighted by Gasteiger charge is 2.19. The Morgan fingerprint density at radius 2 is 1.79 bits per heavy atom. The number of nitrogens with zero attached hydrogens (tertiary/aromatic N) is 2. The molecule has 1 heterocycles. The van der Waals surface area contributed by atoms with E-state index in [9.17, 15) is 10.1 Å². The summed E-state index contributed by atoms with van der Waals surface area (Å²) in [6.45, 7) is 4.06. The lowest BCUT2D eigenvalue weighted by Crippen LogP contribution is -2.29. The lowest BCUT2D eigenvalue weighted by molar-refractivity contribution is -0.384. The van der Waals surface area contributed by atoms with E-state index in [1.54, 1.807) is 6.07 Å². The van der Waals surface area contributed by atoms with E-state index in [1.165, 1.54) is 19.3 Å². The van der Waals surface area contributed by atoms with Crippen molar-refractivity contribution >= 4 is 17.1 Å². The monoisotopic (exact) mass is 325 g/mol. The molecule has 3 rings (SSSR count). The van der Waals surface area contributed by atoms with Crippen molar-refractivity contribution in [2.45, 2.75) is 32.2 Å². The normalized spacial score (nSPS) is 15.8. The van der Waals surface area contributed by atoms with Gasteiger partial charge in [0.1, 0.15) is 5.69 Å². The molecule has 0 saturated carbocycles. The van der Waals surface area contributed by atoms with E-state index in [4.69, 9.17) is 0 Å². The molecular weight excluding hydrogens is 302 g/mol. The van der Waals surface area contributed by atoms with E-state index in [1.807, 2.05) is 49.4 Å². The second kappa shape index (κ2) is 7.34. The van der Waals surface area contributed by atoms with Crippen LogP contribution in [0, 0.1) is 10.1 Å². The van der Waals surface area contributed by atoms with E-state index in [0.717, 1.165) is 24.3 Å². The maximum Gasteiger partial charge on any atom is 0.292 e. The van der Waals surface area contributed by atoms with Crippen molar-refractivity contribution in [2.24, 2.45) is 0 Å². The van der Waals surface area contributed by atoms with Gasteiger partial charge in [0, 0.05) is 30.9 Å². The lowest BCUT2D eigenvalue weighted by atomic mass is 10.1. The van der Waals surface area contributed by atoms with Gasteiger partial charge < -0.3 is 10.2 Å². The maximum atomic E-state index is 11.4. The van der Waals surface area contributed by atoms with Gasteiger partial charge in [-0.1, -0.05) is 30.3 Å². The Bertz CT molecular complexity index is 697. The van der Waals surface area contributed by atoms with Crippen LogP contribution < -0.4 is 10.2 Å². The minimum atomic E-state index is -0.319. The maximum absolute atomic E-state index is 11.4. The van der Waals surface area contributed by atoms with Crippen LogP contribution in [0.1, 0.15) is 37.8 Å². The molecule has 1 N–H and O–H groups in total. The molecule has 1 aliphatic heterocycles. The van der Waals surface area contributed by atoms with Crippen LogP contribution in [0.2, 0.25) is 0 Å². The Kier molecular flexibility index (Phi) is 4.99. The fourth-order valence-electron chi connectivity index (χ4n) is 3.21. The molecule has 0 aliphatic carbocycles. The summed E-state index contributed by atoms with van der Waals surface area (Å²) < 4.78 is 0. The third kappa shape index (κ3) is 3.67. The van der Waals surface area contributed by atoms with Gasteiger partial charge in [0.15, 0.2) is 0 Å². The van der Waals surface area contributed by atoms with Gasteiger partial charge in [-0.3, -0.25) is 10.1 Å². The van der Waals surface area contributed by atoms with Crippen molar-refractivity contribution in [1.29, 1.82) is 0 Å². The second-order valence-electron chi connectivity index (χ2n) is 6.28. The number of benzene rings is 2. The quantitative estimate of drug-likeness (QED) is 0.636. The van der Waals surface area contributed by atoms with E-state index in [2.05, 4.69) is 10.2 Å². The Morgan fingerprint density at radius 3 is 2.46 bits per heavy atom. The summed E-state index contributed by atoms with van der Waals surface area (Å²) in [5.41, 5.74) is 2.87. The van der Waals surface area contributed by atoms with Crippen LogP contribution in [0.15, 0.2) is 48.5 Å². The first kappa shape index (κ1) is 16.3. The highest BCUT2D eigenvalue weighted by molar-refractivity contribution is 5.69. The van der Waals surface area contributed by atoms with Gasteiger partial charge >= 0.3 is 0 Å². The first-order valence-corrected chi connectivity index (χ1v) is 8.50. The molecule has 2 aromatic carbocycles. The topological polar surface area (TPSA) is 58.4 Å². The molecule has 0 unspecified atom stereocenters. The van der Waals surface area contributed by atoms with Crippen LogP contribution in [0.3, 0.4) is 0 Å². The van der Waals surface area contributed by atoms with Gasteiger partial charge in [-0.05, 0) is 43.9 Å². The number of nitro groups is 1. The largest absolute Gasteiger partial charge is 0.373 e. The Labute approximate surface area is 142 Å². The summed E-state index contributed by atoms with van der Waals surface area (Å²) in [7, 11) is 0. The predicted octanol–water partition coefficient (Wildman–Crippen LogP) is 4.76. The molecule has 2 aromatic rings. The van der Waals surface area contributed by atoms with E-state index < -0.39 is 0 Å². The molecule has 5 nitrogen and oxygen atoms in total. The molecule has 0 amide bonds. The summed E-state index contributed by atoms with van der Waals surface area (Å²) in [5, 5.41) is 14.7. The number of anilines is 2. The van der Waals surface area contributed by atoms with Crippen LogP contribution in [0.4, 0.5) is 17.1 Å². The van der Waals surface area contributed by atoms with Gasteiger partial charge in [-0.25, -0.2) is 0 Å². The van der Waals surface area contributed by atoms with E-state index in [-0.39, 0.29) is 16.7 Å². The summed E-state index contributed by atoms with van der Waals surface area (Å²) in [4.78, 5) is 13.4. The first-order valence-electron chi connectivity index (χ1n) is 8.50. The molecule has 1 saturated heterocycles. The Balaban J connectivity index is 1.87. The van der Waals surface area contributed by atoms with Crippen molar-refractivity contribution in [3.8, 4) is 0 Å². The number of nitrogens with one attached hydrogen (secondary N) is 1. The van der Waals surface area contributed by atoms with Gasteiger partial charge in [-0.2, -0.15) is 0 Å². The minimum Gasteiger partial charge on any atom is -0.373 e. The molecule has 5 heteroatoms. The molecule has 0 spiro atoms. The smallest absolute Gasteiger partial charge is 0.292 e. The van der Waals surface area contributed by atoms with Crippen LogP contribution in [-0.4, -0.2) is 18.0 Å². The summed E-state index contributed by atoms with van der Waals surface area (Å²) >= 11 is 0. The lowest BCUT2D eigenvalue weighted by Gasteiger charge is -2.29. The fourth-order valence-corrected chi connectivity index (χ4v) is 3.21. The van der Waals surface area contributed by atoms with Crippen molar-refractivity contribution in [1.82, 2.24) is 0 Å². The molecule has 0 bridgehead atoms. The zero-order valence-electron chi connectivity index (χ0n) is 13.9. The zero-order valence-corrected chi connectivity index (χ0v) is 13.9. The van der Waals surface area contributed by atoms with E-state index in [0.29, 0.717) is 5.69 Å². The van der Waals surface area contributed by atoms with Crippen LogP contribution >= 0.6 is 0 Å². The molecule has 1 aliphatic rings. The van der Waals surface area contributed by atoms with Crippen molar-refractivity contribution in [2.75, 3.05) is 23.3 Å². The summed E-state index contributed by atoms with van der Waals surface area (Å²) in [6.07, 6.45) is 3.62. The SMILES string of the molecule is C[C@H](Nc1cc(N2CCCCC2)ccc1[N+](=O)[O-])c1ccccc1. The highest BCUT2D eigenvalue weighted by Crippen LogP contribution is 2.33. The number of piperidine rings is 1. The highest BCUT2D eigenvalue weighted by atomic mass is 16.6. The van der Waals surface area contributed by atoms with Crippen molar-refractivity contribution in [3.05, 3.63) is 64.2 Å². The molecule has 0 aromatic heterocycles. The number of nitro benzene ring substituents is 1. The first-order chi connectivity index (χ1) is 11.6. The minimum absolute atomic E-state index is 0.00139. The van der Waals surface area contributed by atoms with E-state index >= 15 is 0 Å². The van der Waals surface area contributed by atoms with Gasteiger partial charge in [0.2, 0.25) is 0 Å². The van der Waals surface area contributed by atoms with Gasteiger partial charge in [-0.15, -0.1) is 0 Å². The standard InChI is InChI=1S/C19H23N3O2/c1-15(16-8-4-2-5-9-16)20-18-14-17(10-11-19(18)22(23)24)21-12-6-3-7-13-21/h2,4-5,8-11,14-15,20H,3,6-7,12-13H2,1H3/t15-/m0/s1. The average molecular weight is 325 g/mol. The van der Waals surface area contributed by atoms with Crippen LogP contribution in [0.25, 0.3) is 0 Å². The van der Waals surface area contributed by atoms with Crippen LogP contribution in [-0.2, 0) is 0 Å². The number of rotatable bonds is 5. The summed E-state index contributed by atoms with van der Waals surface area (Å²) in [6, 6.07) is 15.4. The Morgan fingerprint density at radius 1 is 1.08 bits per heavy atom. The molecule has 126 valence electrons. The fraction of sp³-hybridized carbons (Fsp3) is 0.368. The molecule has 0 radical (unpaired) electrons. The third-order valence-electron chi connectivity index (χ3n) is 4.57. The van der Waals surface area contributed by atoms with Crippen molar-refractivity contribution in [3.63, 3.8) is 0 Å². The summed E-state index contributed by atoms with van der Waals surface area (Å²) in [5.74, 6) is 0. The van der Waals surface area contributed by atoms with Gasteiger partial charge in [0.25, 0.3) is 5.69 Å². The Hall–Kier alpha value is -2.56. The second-order valence-corrected chi connectivity index (χ2v) is 6.28. The third-order valence-corrected chi connectivity index (χ3v) is 4.57. The molecular formula is C19H23N3O2. The molecule has 1 fully saturated rings. The van der Waals surface area contributed by atoms with Crippen molar-refractivity contribution < 1.29 is 4.92 Å².